The highest BCUT2D eigenvalue weighted by Crippen LogP contribution is 2.36. The third kappa shape index (κ3) is 4.60. The second-order valence-electron chi connectivity index (χ2n) is 7.76. The highest BCUT2D eigenvalue weighted by atomic mass is 19.4. The highest BCUT2D eigenvalue weighted by Gasteiger charge is 2.34. The molecule has 31 heavy (non-hydrogen) atoms. The number of amides is 1. The molecular formula is C22H22F3N5O. The first-order valence-corrected chi connectivity index (χ1v) is 10.1. The zero-order valence-electron chi connectivity index (χ0n) is 16.9. The lowest BCUT2D eigenvalue weighted by molar-refractivity contribution is -0.140. The standard InChI is InChI=1S/C22H22F3N5O/c1-30(19-12-20(22(23,24)25)29-18-5-3-2-4-17(18)19)16-8-6-15(7-9-16)28-21(31)14-10-11-26-27-13-14/h2-5,10-13,15-16H,6-9H2,1H3,(H,28,31). The summed E-state index contributed by atoms with van der Waals surface area (Å²) < 4.78 is 40.2. The number of hydrogen-bond donors (Lipinski definition) is 1. The number of nitrogens with zero attached hydrogens (tertiary/aromatic N) is 4. The number of anilines is 1. The van der Waals surface area contributed by atoms with Crippen molar-refractivity contribution >= 4 is 22.5 Å². The van der Waals surface area contributed by atoms with Crippen LogP contribution in [0.25, 0.3) is 10.9 Å². The number of hydrogen-bond acceptors (Lipinski definition) is 5. The minimum Gasteiger partial charge on any atom is -0.371 e. The number of pyridine rings is 1. The number of fused-ring (bicyclic) bond motifs is 1. The van der Waals surface area contributed by atoms with Gasteiger partial charge in [0.2, 0.25) is 0 Å². The van der Waals surface area contributed by atoms with Gasteiger partial charge in [-0.25, -0.2) is 4.98 Å². The van der Waals surface area contributed by atoms with Gasteiger partial charge in [0.25, 0.3) is 5.91 Å². The van der Waals surface area contributed by atoms with Gasteiger partial charge < -0.3 is 10.2 Å². The molecule has 162 valence electrons. The molecule has 0 bridgehead atoms. The van der Waals surface area contributed by atoms with Crippen LogP contribution < -0.4 is 10.2 Å². The average Bonchev–Trinajstić information content (AvgIpc) is 2.78. The van der Waals surface area contributed by atoms with Crippen molar-refractivity contribution < 1.29 is 18.0 Å². The normalized spacial score (nSPS) is 19.2. The molecule has 1 aliphatic rings. The van der Waals surface area contributed by atoms with E-state index in [0.29, 0.717) is 22.2 Å². The minimum atomic E-state index is -4.51. The van der Waals surface area contributed by atoms with E-state index in [1.807, 2.05) is 11.9 Å². The van der Waals surface area contributed by atoms with Crippen LogP contribution in [0.15, 0.2) is 48.8 Å². The monoisotopic (exact) mass is 429 g/mol. The number of aromatic nitrogens is 3. The number of para-hydroxylation sites is 1. The van der Waals surface area contributed by atoms with Crippen molar-refractivity contribution in [1.82, 2.24) is 20.5 Å². The molecule has 9 heteroatoms. The predicted molar refractivity (Wildman–Crippen MR) is 111 cm³/mol. The van der Waals surface area contributed by atoms with E-state index in [2.05, 4.69) is 20.5 Å². The van der Waals surface area contributed by atoms with E-state index in [0.717, 1.165) is 31.7 Å². The first kappa shape index (κ1) is 21.0. The fourth-order valence-electron chi connectivity index (χ4n) is 4.09. The Labute approximate surface area is 177 Å². The van der Waals surface area contributed by atoms with Crippen molar-refractivity contribution in [1.29, 1.82) is 0 Å². The largest absolute Gasteiger partial charge is 0.433 e. The smallest absolute Gasteiger partial charge is 0.371 e. The molecule has 4 rings (SSSR count). The lowest BCUT2D eigenvalue weighted by Crippen LogP contribution is -2.43. The van der Waals surface area contributed by atoms with Gasteiger partial charge >= 0.3 is 6.18 Å². The number of rotatable bonds is 4. The Morgan fingerprint density at radius 1 is 1.10 bits per heavy atom. The molecule has 2 aromatic heterocycles. The summed E-state index contributed by atoms with van der Waals surface area (Å²) in [5.41, 5.74) is 0.413. The first-order chi connectivity index (χ1) is 14.8. The molecule has 1 saturated carbocycles. The second-order valence-corrected chi connectivity index (χ2v) is 7.76. The molecule has 0 atom stereocenters. The highest BCUT2D eigenvalue weighted by molar-refractivity contribution is 5.94. The number of halogens is 3. The zero-order chi connectivity index (χ0) is 22.0. The van der Waals surface area contributed by atoms with Gasteiger partial charge in [0, 0.05) is 30.2 Å². The third-order valence-electron chi connectivity index (χ3n) is 5.79. The Hall–Kier alpha value is -3.23. The molecule has 0 unspecified atom stereocenters. The van der Waals surface area contributed by atoms with Crippen LogP contribution in [-0.4, -0.2) is 40.2 Å². The molecule has 0 radical (unpaired) electrons. The summed E-state index contributed by atoms with van der Waals surface area (Å²) in [6.45, 7) is 0. The van der Waals surface area contributed by atoms with Crippen molar-refractivity contribution in [2.75, 3.05) is 11.9 Å². The van der Waals surface area contributed by atoms with Gasteiger partial charge in [-0.05, 0) is 43.9 Å². The Balaban J connectivity index is 1.48. The summed E-state index contributed by atoms with van der Waals surface area (Å²) in [7, 11) is 1.83. The molecule has 0 saturated heterocycles. The summed E-state index contributed by atoms with van der Waals surface area (Å²) in [5.74, 6) is -0.193. The number of nitrogens with one attached hydrogen (secondary N) is 1. The number of benzene rings is 1. The Morgan fingerprint density at radius 2 is 1.84 bits per heavy atom. The number of carbonyl (C=O) groups is 1. The Bertz CT molecular complexity index is 1070. The molecule has 3 aromatic rings. The minimum absolute atomic E-state index is 0.0187. The van der Waals surface area contributed by atoms with Crippen molar-refractivity contribution in [2.24, 2.45) is 0 Å². The van der Waals surface area contributed by atoms with Gasteiger partial charge in [0.05, 0.1) is 23.5 Å². The number of alkyl halides is 3. The van der Waals surface area contributed by atoms with Crippen molar-refractivity contribution in [3.8, 4) is 0 Å². The molecule has 6 nitrogen and oxygen atoms in total. The van der Waals surface area contributed by atoms with E-state index in [1.54, 1.807) is 30.3 Å². The second kappa shape index (κ2) is 8.49. The van der Waals surface area contributed by atoms with Crippen LogP contribution >= 0.6 is 0 Å². The van der Waals surface area contributed by atoms with E-state index in [4.69, 9.17) is 0 Å². The van der Waals surface area contributed by atoms with Gasteiger partial charge in [0.15, 0.2) is 0 Å². The summed E-state index contributed by atoms with van der Waals surface area (Å²) in [6, 6.07) is 9.71. The molecule has 1 fully saturated rings. The average molecular weight is 429 g/mol. The SMILES string of the molecule is CN(c1cc(C(F)(F)F)nc2ccccc12)C1CCC(NC(=O)c2ccnnc2)CC1. The molecular weight excluding hydrogens is 407 g/mol. The summed E-state index contributed by atoms with van der Waals surface area (Å²) in [4.78, 5) is 18.0. The molecule has 2 heterocycles. The van der Waals surface area contributed by atoms with Crippen LogP contribution in [0.4, 0.5) is 18.9 Å². The number of carbonyl (C=O) groups excluding carboxylic acids is 1. The van der Waals surface area contributed by atoms with Crippen LogP contribution in [0.3, 0.4) is 0 Å². The molecule has 1 amide bonds. The molecule has 1 N–H and O–H groups in total. The predicted octanol–water partition coefficient (Wildman–Crippen LogP) is 4.22. The quantitative estimate of drug-likeness (QED) is 0.672. The van der Waals surface area contributed by atoms with Crippen LogP contribution in [-0.2, 0) is 6.18 Å². The molecule has 1 aromatic carbocycles. The Morgan fingerprint density at radius 3 is 2.52 bits per heavy atom. The van der Waals surface area contributed by atoms with Gasteiger partial charge in [-0.3, -0.25) is 4.79 Å². The third-order valence-corrected chi connectivity index (χ3v) is 5.79. The van der Waals surface area contributed by atoms with Gasteiger partial charge in [-0.1, -0.05) is 18.2 Å². The fraction of sp³-hybridized carbons (Fsp3) is 0.364. The maximum Gasteiger partial charge on any atom is 0.433 e. The summed E-state index contributed by atoms with van der Waals surface area (Å²) >= 11 is 0. The van der Waals surface area contributed by atoms with Crippen LogP contribution in [0.1, 0.15) is 41.7 Å². The molecule has 0 spiro atoms. The van der Waals surface area contributed by atoms with Gasteiger partial charge in [0.1, 0.15) is 5.69 Å². The van der Waals surface area contributed by atoms with E-state index in [1.165, 1.54) is 12.4 Å². The zero-order valence-corrected chi connectivity index (χ0v) is 16.9. The summed E-state index contributed by atoms with van der Waals surface area (Å²) in [5, 5.41) is 11.1. The van der Waals surface area contributed by atoms with Crippen molar-refractivity contribution in [3.63, 3.8) is 0 Å². The van der Waals surface area contributed by atoms with E-state index in [-0.39, 0.29) is 18.0 Å². The van der Waals surface area contributed by atoms with E-state index < -0.39 is 11.9 Å². The lowest BCUT2D eigenvalue weighted by atomic mass is 9.89. The summed E-state index contributed by atoms with van der Waals surface area (Å²) in [6.07, 6.45) is 1.38. The lowest BCUT2D eigenvalue weighted by Gasteiger charge is -2.37. The van der Waals surface area contributed by atoms with E-state index >= 15 is 0 Å². The molecule has 1 aliphatic carbocycles. The maximum absolute atomic E-state index is 13.4. The first-order valence-electron chi connectivity index (χ1n) is 10.1. The van der Waals surface area contributed by atoms with Crippen molar-refractivity contribution in [2.45, 2.75) is 43.9 Å². The van der Waals surface area contributed by atoms with Crippen molar-refractivity contribution in [3.05, 3.63) is 60.0 Å². The van der Waals surface area contributed by atoms with Gasteiger partial charge in [-0.15, -0.1) is 0 Å². The van der Waals surface area contributed by atoms with E-state index in [9.17, 15) is 18.0 Å². The van der Waals surface area contributed by atoms with Gasteiger partial charge in [-0.2, -0.15) is 23.4 Å². The fourth-order valence-corrected chi connectivity index (χ4v) is 4.09. The van der Waals surface area contributed by atoms with Crippen LogP contribution in [0, 0.1) is 0 Å². The van der Waals surface area contributed by atoms with Crippen LogP contribution in [0.5, 0.6) is 0 Å². The van der Waals surface area contributed by atoms with Crippen LogP contribution in [0.2, 0.25) is 0 Å². The Kier molecular flexibility index (Phi) is 5.75. The molecule has 0 aliphatic heterocycles. The maximum atomic E-state index is 13.4. The topological polar surface area (TPSA) is 71.0 Å².